The summed E-state index contributed by atoms with van der Waals surface area (Å²) >= 11 is 0. The molecule has 114 valence electrons. The van der Waals surface area contributed by atoms with Crippen LogP contribution in [-0.2, 0) is 16.0 Å². The third-order valence-electron chi connectivity index (χ3n) is 2.76. The highest BCUT2D eigenvalue weighted by Gasteiger charge is 2.09. The van der Waals surface area contributed by atoms with Gasteiger partial charge in [-0.05, 0) is 13.1 Å². The second-order valence-corrected chi connectivity index (χ2v) is 4.29. The molecule has 0 aliphatic rings. The fourth-order valence-electron chi connectivity index (χ4n) is 1.80. The third-order valence-corrected chi connectivity index (χ3v) is 2.76. The molecule has 0 unspecified atom stereocenters. The molecule has 0 saturated heterocycles. The molecule has 1 aromatic rings. The van der Waals surface area contributed by atoms with Crippen LogP contribution in [0, 0.1) is 0 Å². The van der Waals surface area contributed by atoms with Crippen molar-refractivity contribution in [3.8, 4) is 11.5 Å². The van der Waals surface area contributed by atoms with Gasteiger partial charge < -0.3 is 24.3 Å². The van der Waals surface area contributed by atoms with Crippen molar-refractivity contribution in [1.29, 1.82) is 0 Å². The molecule has 0 saturated carbocycles. The molecule has 0 aliphatic carbocycles. The number of benzene rings is 1. The molecule has 5 nitrogen and oxygen atoms in total. The molecule has 1 N–H and O–H groups in total. The van der Waals surface area contributed by atoms with Crippen molar-refractivity contribution >= 4 is 0 Å². The Hall–Kier alpha value is -1.30. The van der Waals surface area contributed by atoms with E-state index in [4.69, 9.17) is 18.9 Å². The molecule has 0 atom stereocenters. The summed E-state index contributed by atoms with van der Waals surface area (Å²) in [6.07, 6.45) is 0.834. The van der Waals surface area contributed by atoms with Gasteiger partial charge in [-0.3, -0.25) is 0 Å². The number of hydrogen-bond acceptors (Lipinski definition) is 5. The zero-order valence-corrected chi connectivity index (χ0v) is 12.6. The Morgan fingerprint density at radius 1 is 1.05 bits per heavy atom. The van der Waals surface area contributed by atoms with Gasteiger partial charge in [0, 0.05) is 32.2 Å². The predicted octanol–water partition coefficient (Wildman–Crippen LogP) is 1.85. The maximum Gasteiger partial charge on any atom is 0.165 e. The van der Waals surface area contributed by atoms with E-state index in [9.17, 15) is 0 Å². The van der Waals surface area contributed by atoms with E-state index in [2.05, 4.69) is 5.32 Å². The van der Waals surface area contributed by atoms with Crippen LogP contribution in [0.4, 0.5) is 0 Å². The van der Waals surface area contributed by atoms with E-state index in [-0.39, 0.29) is 0 Å². The van der Waals surface area contributed by atoms with Crippen LogP contribution in [0.25, 0.3) is 0 Å². The summed E-state index contributed by atoms with van der Waals surface area (Å²) in [5, 5.41) is 3.13. The van der Waals surface area contributed by atoms with Crippen molar-refractivity contribution in [1.82, 2.24) is 5.32 Å². The topological polar surface area (TPSA) is 49.0 Å². The lowest BCUT2D eigenvalue weighted by molar-refractivity contribution is 0.0642. The zero-order valence-electron chi connectivity index (χ0n) is 12.6. The Morgan fingerprint density at radius 2 is 1.90 bits per heavy atom. The minimum Gasteiger partial charge on any atom is -0.493 e. The first-order valence-electron chi connectivity index (χ1n) is 6.83. The molecule has 0 amide bonds. The maximum absolute atomic E-state index is 5.84. The molecular formula is C15H25NO4. The Labute approximate surface area is 121 Å². The van der Waals surface area contributed by atoms with Gasteiger partial charge in [0.05, 0.1) is 26.9 Å². The van der Waals surface area contributed by atoms with Crippen molar-refractivity contribution in [3.05, 3.63) is 23.8 Å². The smallest absolute Gasteiger partial charge is 0.165 e. The molecule has 1 aromatic carbocycles. The first-order valence-corrected chi connectivity index (χ1v) is 6.83. The zero-order chi connectivity index (χ0) is 14.6. The van der Waals surface area contributed by atoms with Crippen LogP contribution in [0.5, 0.6) is 11.5 Å². The lowest BCUT2D eigenvalue weighted by Gasteiger charge is -2.15. The molecule has 0 aliphatic heterocycles. The van der Waals surface area contributed by atoms with Gasteiger partial charge in [-0.1, -0.05) is 12.1 Å². The minimum atomic E-state index is 0.601. The monoisotopic (exact) mass is 283 g/mol. The third kappa shape index (κ3) is 5.77. The number of nitrogens with one attached hydrogen (secondary N) is 1. The van der Waals surface area contributed by atoms with Gasteiger partial charge in [-0.2, -0.15) is 0 Å². The molecule has 5 heteroatoms. The molecule has 0 aromatic heterocycles. The number of rotatable bonds is 11. The van der Waals surface area contributed by atoms with Crippen molar-refractivity contribution in [2.24, 2.45) is 0 Å². The maximum atomic E-state index is 5.84. The van der Waals surface area contributed by atoms with Crippen molar-refractivity contribution < 1.29 is 18.9 Å². The van der Waals surface area contributed by atoms with Crippen LogP contribution < -0.4 is 14.8 Å². The van der Waals surface area contributed by atoms with E-state index < -0.39 is 0 Å². The molecule has 0 radical (unpaired) electrons. The minimum absolute atomic E-state index is 0.601. The SMILES string of the molecule is CNCc1cccc(OC)c1OCCCOCCOC. The van der Waals surface area contributed by atoms with Gasteiger partial charge in [0.1, 0.15) is 0 Å². The number of para-hydroxylation sites is 1. The van der Waals surface area contributed by atoms with Gasteiger partial charge in [-0.15, -0.1) is 0 Å². The van der Waals surface area contributed by atoms with Crippen LogP contribution in [0.3, 0.4) is 0 Å². The fraction of sp³-hybridized carbons (Fsp3) is 0.600. The van der Waals surface area contributed by atoms with E-state index in [1.165, 1.54) is 0 Å². The lowest BCUT2D eigenvalue weighted by atomic mass is 10.2. The second-order valence-electron chi connectivity index (χ2n) is 4.29. The average molecular weight is 283 g/mol. The molecule has 0 fully saturated rings. The normalized spacial score (nSPS) is 10.6. The van der Waals surface area contributed by atoms with Crippen molar-refractivity contribution in [2.75, 3.05) is 47.7 Å². The Morgan fingerprint density at radius 3 is 2.60 bits per heavy atom. The summed E-state index contributed by atoms with van der Waals surface area (Å²) in [6, 6.07) is 5.90. The molecule has 0 heterocycles. The van der Waals surface area contributed by atoms with Gasteiger partial charge in [0.15, 0.2) is 11.5 Å². The van der Waals surface area contributed by atoms with Gasteiger partial charge in [0.25, 0.3) is 0 Å². The summed E-state index contributed by atoms with van der Waals surface area (Å²) in [4.78, 5) is 0. The van der Waals surface area contributed by atoms with Crippen LogP contribution in [0.2, 0.25) is 0 Å². The molecule has 0 bridgehead atoms. The fourth-order valence-corrected chi connectivity index (χ4v) is 1.80. The van der Waals surface area contributed by atoms with Gasteiger partial charge in [-0.25, -0.2) is 0 Å². The Bertz CT molecular complexity index is 371. The summed E-state index contributed by atoms with van der Waals surface area (Å²) in [6.45, 7) is 3.26. The standard InChI is InChI=1S/C15H25NO4/c1-16-12-13-6-4-7-14(18-3)15(13)20-9-5-8-19-11-10-17-2/h4,6-7,16H,5,8-12H2,1-3H3. The summed E-state index contributed by atoms with van der Waals surface area (Å²) < 4.78 is 21.5. The highest BCUT2D eigenvalue weighted by atomic mass is 16.5. The van der Waals surface area contributed by atoms with Crippen molar-refractivity contribution in [3.63, 3.8) is 0 Å². The average Bonchev–Trinajstić information content (AvgIpc) is 2.47. The second kappa shape index (κ2) is 10.5. The predicted molar refractivity (Wildman–Crippen MR) is 78.6 cm³/mol. The highest BCUT2D eigenvalue weighted by molar-refractivity contribution is 5.46. The molecule has 0 spiro atoms. The van der Waals surface area contributed by atoms with E-state index in [1.54, 1.807) is 14.2 Å². The largest absolute Gasteiger partial charge is 0.493 e. The highest BCUT2D eigenvalue weighted by Crippen LogP contribution is 2.31. The number of ether oxygens (including phenoxy) is 4. The Balaban J connectivity index is 2.41. The lowest BCUT2D eigenvalue weighted by Crippen LogP contribution is -2.10. The molecule has 1 rings (SSSR count). The van der Waals surface area contributed by atoms with E-state index in [0.29, 0.717) is 26.4 Å². The van der Waals surface area contributed by atoms with Crippen molar-refractivity contribution in [2.45, 2.75) is 13.0 Å². The summed E-state index contributed by atoms with van der Waals surface area (Å²) in [5.74, 6) is 1.57. The summed E-state index contributed by atoms with van der Waals surface area (Å²) in [5.41, 5.74) is 1.09. The number of methoxy groups -OCH3 is 2. The number of hydrogen-bond donors (Lipinski definition) is 1. The van der Waals surface area contributed by atoms with Crippen LogP contribution in [0.15, 0.2) is 18.2 Å². The van der Waals surface area contributed by atoms with E-state index >= 15 is 0 Å². The Kier molecular flexibility index (Phi) is 8.78. The van der Waals surface area contributed by atoms with Crippen LogP contribution in [0.1, 0.15) is 12.0 Å². The van der Waals surface area contributed by atoms with E-state index in [0.717, 1.165) is 30.0 Å². The van der Waals surface area contributed by atoms with Crippen LogP contribution in [-0.4, -0.2) is 47.7 Å². The summed E-state index contributed by atoms with van der Waals surface area (Å²) in [7, 11) is 5.23. The quantitative estimate of drug-likeness (QED) is 0.628. The van der Waals surface area contributed by atoms with E-state index in [1.807, 2.05) is 25.2 Å². The van der Waals surface area contributed by atoms with Gasteiger partial charge >= 0.3 is 0 Å². The van der Waals surface area contributed by atoms with Crippen LogP contribution >= 0.6 is 0 Å². The first kappa shape index (κ1) is 16.8. The first-order chi connectivity index (χ1) is 9.83. The molecule has 20 heavy (non-hydrogen) atoms. The molecular weight excluding hydrogens is 258 g/mol. The van der Waals surface area contributed by atoms with Gasteiger partial charge in [0.2, 0.25) is 0 Å².